The molecule has 0 aliphatic heterocycles. The lowest BCUT2D eigenvalue weighted by atomic mass is 10.1. The van der Waals surface area contributed by atoms with Crippen molar-refractivity contribution in [1.82, 2.24) is 0 Å². The molecule has 0 saturated carbocycles. The summed E-state index contributed by atoms with van der Waals surface area (Å²) in [6.45, 7) is 2.66. The fourth-order valence-electron chi connectivity index (χ4n) is 0.822. The Bertz CT molecular complexity index is 155. The van der Waals surface area contributed by atoms with Gasteiger partial charge < -0.3 is 15.6 Å². The Labute approximate surface area is 82.8 Å². The number of carboxylic acid groups (broad SMARTS) is 1. The molecule has 0 radical (unpaired) electrons. The van der Waals surface area contributed by atoms with Crippen LogP contribution in [-0.4, -0.2) is 41.8 Å². The van der Waals surface area contributed by atoms with Crippen LogP contribution in [0.1, 0.15) is 13.3 Å². The van der Waals surface area contributed by atoms with Crippen molar-refractivity contribution in [3.8, 4) is 0 Å². The molecule has 78 valence electrons. The number of carboxylic acids is 1. The summed E-state index contributed by atoms with van der Waals surface area (Å²) in [5.41, 5.74) is 5.32. The normalized spacial score (nSPS) is 15.3. The fourth-order valence-corrected chi connectivity index (χ4v) is 1.74. The van der Waals surface area contributed by atoms with E-state index in [2.05, 4.69) is 0 Å². The van der Waals surface area contributed by atoms with E-state index in [0.29, 0.717) is 25.3 Å². The van der Waals surface area contributed by atoms with E-state index in [0.717, 1.165) is 0 Å². The van der Waals surface area contributed by atoms with Gasteiger partial charge in [0.25, 0.3) is 0 Å². The van der Waals surface area contributed by atoms with Gasteiger partial charge in [-0.15, -0.1) is 11.8 Å². The highest BCUT2D eigenvalue weighted by Gasteiger charge is 2.32. The number of aliphatic carboxylic acids is 1. The molecule has 0 spiro atoms. The summed E-state index contributed by atoms with van der Waals surface area (Å²) in [5, 5.41) is 8.97. The van der Waals surface area contributed by atoms with Crippen molar-refractivity contribution in [2.45, 2.75) is 18.1 Å². The number of thioether (sulfide) groups is 1. The predicted octanol–water partition coefficient (Wildman–Crippen LogP) is 0.558. The summed E-state index contributed by atoms with van der Waals surface area (Å²) < 4.78 is 4.09. The molecule has 3 N–H and O–H groups in total. The van der Waals surface area contributed by atoms with Crippen molar-refractivity contribution in [2.75, 3.05) is 26.0 Å². The Balaban J connectivity index is 4.08. The van der Waals surface area contributed by atoms with Crippen molar-refractivity contribution >= 4 is 17.7 Å². The predicted molar refractivity (Wildman–Crippen MR) is 54.0 cm³/mol. The van der Waals surface area contributed by atoms with E-state index in [9.17, 15) is 4.79 Å². The molecule has 0 rings (SSSR count). The molecule has 0 bridgehead atoms. The van der Waals surface area contributed by atoms with E-state index in [1.54, 1.807) is 14.0 Å². The Morgan fingerprint density at radius 3 is 2.69 bits per heavy atom. The SMILES string of the molecule is COCCC(C)(SCCN)C(=O)O. The smallest absolute Gasteiger partial charge is 0.319 e. The second-order valence-corrected chi connectivity index (χ2v) is 4.51. The van der Waals surface area contributed by atoms with Gasteiger partial charge in [-0.1, -0.05) is 0 Å². The molecule has 0 aromatic heterocycles. The number of ether oxygens (including phenoxy) is 1. The summed E-state index contributed by atoms with van der Waals surface area (Å²) >= 11 is 1.37. The lowest BCUT2D eigenvalue weighted by molar-refractivity contribution is -0.139. The first-order chi connectivity index (χ1) is 6.06. The number of hydrogen-bond donors (Lipinski definition) is 2. The van der Waals surface area contributed by atoms with Crippen LogP contribution in [-0.2, 0) is 9.53 Å². The van der Waals surface area contributed by atoms with Crippen LogP contribution >= 0.6 is 11.8 Å². The minimum Gasteiger partial charge on any atom is -0.480 e. The average Bonchev–Trinajstić information content (AvgIpc) is 2.11. The van der Waals surface area contributed by atoms with E-state index < -0.39 is 10.7 Å². The lowest BCUT2D eigenvalue weighted by Crippen LogP contribution is -2.33. The van der Waals surface area contributed by atoms with E-state index >= 15 is 0 Å². The largest absolute Gasteiger partial charge is 0.480 e. The van der Waals surface area contributed by atoms with Crippen LogP contribution < -0.4 is 5.73 Å². The summed E-state index contributed by atoms with van der Waals surface area (Å²) in [5.74, 6) is -0.144. The van der Waals surface area contributed by atoms with Crippen molar-refractivity contribution in [2.24, 2.45) is 5.73 Å². The molecule has 0 fully saturated rings. The van der Waals surface area contributed by atoms with Gasteiger partial charge >= 0.3 is 5.97 Å². The maximum atomic E-state index is 10.9. The molecule has 1 unspecified atom stereocenters. The lowest BCUT2D eigenvalue weighted by Gasteiger charge is -2.23. The van der Waals surface area contributed by atoms with Crippen LogP contribution in [0.5, 0.6) is 0 Å². The molecule has 0 heterocycles. The quantitative estimate of drug-likeness (QED) is 0.638. The molecule has 1 atom stereocenters. The highest BCUT2D eigenvalue weighted by Crippen LogP contribution is 2.28. The van der Waals surface area contributed by atoms with Crippen LogP contribution in [0.25, 0.3) is 0 Å². The van der Waals surface area contributed by atoms with Gasteiger partial charge in [-0.25, -0.2) is 0 Å². The highest BCUT2D eigenvalue weighted by molar-refractivity contribution is 8.01. The first-order valence-electron chi connectivity index (χ1n) is 4.13. The van der Waals surface area contributed by atoms with Crippen LogP contribution in [0.3, 0.4) is 0 Å². The first-order valence-corrected chi connectivity index (χ1v) is 5.11. The third-order valence-electron chi connectivity index (χ3n) is 1.77. The third kappa shape index (κ3) is 4.50. The Hall–Kier alpha value is -0.260. The molecule has 0 aromatic rings. The monoisotopic (exact) mass is 207 g/mol. The number of methoxy groups -OCH3 is 1. The maximum Gasteiger partial charge on any atom is 0.319 e. The van der Waals surface area contributed by atoms with E-state index in [-0.39, 0.29) is 0 Å². The van der Waals surface area contributed by atoms with Gasteiger partial charge in [0.05, 0.1) is 0 Å². The first kappa shape index (κ1) is 12.7. The van der Waals surface area contributed by atoms with Crippen LogP contribution in [0.2, 0.25) is 0 Å². The molecule has 0 aliphatic rings. The molecule has 5 heteroatoms. The molecular formula is C8H17NO3S. The second kappa shape index (κ2) is 6.23. The molecular weight excluding hydrogens is 190 g/mol. The zero-order valence-corrected chi connectivity index (χ0v) is 8.89. The van der Waals surface area contributed by atoms with Crippen molar-refractivity contribution < 1.29 is 14.6 Å². The topological polar surface area (TPSA) is 72.5 Å². The number of carbonyl (C=O) groups is 1. The number of rotatable bonds is 7. The van der Waals surface area contributed by atoms with Crippen molar-refractivity contribution in [3.63, 3.8) is 0 Å². The van der Waals surface area contributed by atoms with Crippen molar-refractivity contribution in [3.05, 3.63) is 0 Å². The third-order valence-corrected chi connectivity index (χ3v) is 3.23. The summed E-state index contributed by atoms with van der Waals surface area (Å²) in [6.07, 6.45) is 0.503. The zero-order chi connectivity index (χ0) is 10.3. The standard InChI is InChI=1S/C8H17NO3S/c1-8(7(10)11,3-5-12-2)13-6-4-9/h3-6,9H2,1-2H3,(H,10,11). The molecule has 4 nitrogen and oxygen atoms in total. The summed E-state index contributed by atoms with van der Waals surface area (Å²) in [4.78, 5) is 10.9. The molecule has 0 aromatic carbocycles. The number of hydrogen-bond acceptors (Lipinski definition) is 4. The minimum atomic E-state index is -0.803. The zero-order valence-electron chi connectivity index (χ0n) is 8.08. The van der Waals surface area contributed by atoms with Crippen LogP contribution in [0.15, 0.2) is 0 Å². The molecule has 0 saturated heterocycles. The fraction of sp³-hybridized carbons (Fsp3) is 0.875. The second-order valence-electron chi connectivity index (χ2n) is 2.92. The van der Waals surface area contributed by atoms with Gasteiger partial charge in [0, 0.05) is 26.0 Å². The molecule has 0 amide bonds. The maximum absolute atomic E-state index is 10.9. The van der Waals surface area contributed by atoms with Gasteiger partial charge in [0.1, 0.15) is 4.75 Å². The van der Waals surface area contributed by atoms with Crippen molar-refractivity contribution in [1.29, 1.82) is 0 Å². The summed E-state index contributed by atoms with van der Waals surface area (Å²) in [6, 6.07) is 0. The highest BCUT2D eigenvalue weighted by atomic mass is 32.2. The van der Waals surface area contributed by atoms with Gasteiger partial charge in [0.2, 0.25) is 0 Å². The van der Waals surface area contributed by atoms with E-state index in [1.807, 2.05) is 0 Å². The van der Waals surface area contributed by atoms with E-state index in [1.165, 1.54) is 11.8 Å². The Kier molecular flexibility index (Phi) is 6.11. The number of nitrogens with two attached hydrogens (primary N) is 1. The Morgan fingerprint density at radius 2 is 2.31 bits per heavy atom. The average molecular weight is 207 g/mol. The molecule has 13 heavy (non-hydrogen) atoms. The molecule has 0 aliphatic carbocycles. The Morgan fingerprint density at radius 1 is 1.69 bits per heavy atom. The van der Waals surface area contributed by atoms with Crippen LogP contribution in [0, 0.1) is 0 Å². The summed E-state index contributed by atoms with van der Waals surface area (Å²) in [7, 11) is 1.57. The van der Waals surface area contributed by atoms with Crippen LogP contribution in [0.4, 0.5) is 0 Å². The minimum absolute atomic E-state index is 0.459. The van der Waals surface area contributed by atoms with Gasteiger partial charge in [-0.05, 0) is 13.3 Å². The van der Waals surface area contributed by atoms with Gasteiger partial charge in [0.15, 0.2) is 0 Å². The van der Waals surface area contributed by atoms with Gasteiger partial charge in [-0.2, -0.15) is 0 Å². The van der Waals surface area contributed by atoms with Gasteiger partial charge in [-0.3, -0.25) is 4.79 Å². The van der Waals surface area contributed by atoms with E-state index in [4.69, 9.17) is 15.6 Å².